The van der Waals surface area contributed by atoms with Gasteiger partial charge < -0.3 is 21.3 Å². The highest BCUT2D eigenvalue weighted by molar-refractivity contribution is 6.09. The van der Waals surface area contributed by atoms with Crippen molar-refractivity contribution in [1.82, 2.24) is 15.5 Å². The number of nitrogens with one attached hydrogen (secondary N) is 2. The Balaban J connectivity index is 1.71. The molecule has 1 atom stereocenters. The summed E-state index contributed by atoms with van der Waals surface area (Å²) in [6.07, 6.45) is 2.04. The Labute approximate surface area is 198 Å². The molecule has 3 rings (SSSR count). The van der Waals surface area contributed by atoms with Crippen molar-refractivity contribution in [2.24, 2.45) is 16.6 Å². The summed E-state index contributed by atoms with van der Waals surface area (Å²) < 4.78 is 0. The number of likely N-dealkylation sites (N-methyl/N-ethyl adjacent to an activating group) is 1. The number of allylic oxidation sites excluding steroid dienone is 5. The number of benzene rings is 1. The normalized spacial score (nSPS) is 17.9. The highest BCUT2D eigenvalue weighted by atomic mass is 15.2. The first-order valence-corrected chi connectivity index (χ1v) is 11.3. The van der Waals surface area contributed by atoms with E-state index in [2.05, 4.69) is 81.2 Å². The maximum absolute atomic E-state index is 6.08. The zero-order valence-electron chi connectivity index (χ0n) is 20.9. The predicted octanol–water partition coefficient (Wildman–Crippen LogP) is 5.16. The number of rotatable bonds is 8. The molecule has 5 heteroatoms. The van der Waals surface area contributed by atoms with E-state index in [1.165, 1.54) is 16.7 Å². The summed E-state index contributed by atoms with van der Waals surface area (Å²) in [6.45, 7) is 24.2. The van der Waals surface area contributed by atoms with E-state index in [-0.39, 0.29) is 0 Å². The summed E-state index contributed by atoms with van der Waals surface area (Å²) in [5, 5.41) is 6.95. The predicted molar refractivity (Wildman–Crippen MR) is 140 cm³/mol. The monoisotopic (exact) mass is 443 g/mol. The number of nitrogens with zero attached hydrogens (tertiary/aromatic N) is 2. The van der Waals surface area contributed by atoms with Gasteiger partial charge in [-0.3, -0.25) is 0 Å². The van der Waals surface area contributed by atoms with Crippen molar-refractivity contribution in [1.29, 1.82) is 0 Å². The first kappa shape index (κ1) is 24.2. The number of nitrogens with two attached hydrogens (primary N) is 1. The Bertz CT molecular complexity index is 1140. The van der Waals surface area contributed by atoms with Crippen LogP contribution in [0.1, 0.15) is 44.4 Å². The van der Waals surface area contributed by atoms with Gasteiger partial charge in [0.25, 0.3) is 0 Å². The molecule has 0 saturated carbocycles. The third-order valence-corrected chi connectivity index (χ3v) is 6.35. The fourth-order valence-electron chi connectivity index (χ4n) is 4.07. The van der Waals surface area contributed by atoms with Gasteiger partial charge in [-0.2, -0.15) is 0 Å². The molecule has 0 amide bonds. The van der Waals surface area contributed by atoms with E-state index in [0.717, 1.165) is 57.6 Å². The van der Waals surface area contributed by atoms with Gasteiger partial charge in [-0.05, 0) is 67.2 Å². The van der Waals surface area contributed by atoms with Crippen LogP contribution in [-0.4, -0.2) is 17.7 Å². The SMILES string of the molecule is C=C(C)C1=CC(C(=C)NCc2ccc(C)c(CNC3=C(N)C(=C)C3C)c2)=NC(=C(C)C)N1C. The van der Waals surface area contributed by atoms with Gasteiger partial charge in [0.1, 0.15) is 5.82 Å². The van der Waals surface area contributed by atoms with Crippen LogP contribution in [0.3, 0.4) is 0 Å². The van der Waals surface area contributed by atoms with Gasteiger partial charge in [0, 0.05) is 37.4 Å². The van der Waals surface area contributed by atoms with E-state index >= 15 is 0 Å². The Morgan fingerprint density at radius 2 is 1.88 bits per heavy atom. The largest absolute Gasteiger partial charge is 0.397 e. The van der Waals surface area contributed by atoms with E-state index in [1.807, 2.05) is 20.0 Å². The molecule has 1 aliphatic heterocycles. The van der Waals surface area contributed by atoms with Gasteiger partial charge in [0.2, 0.25) is 0 Å². The van der Waals surface area contributed by atoms with Gasteiger partial charge in [-0.25, -0.2) is 4.99 Å². The van der Waals surface area contributed by atoms with E-state index in [1.54, 1.807) is 0 Å². The molecular weight excluding hydrogens is 406 g/mol. The average molecular weight is 444 g/mol. The Hall–Kier alpha value is -3.47. The second-order valence-electron chi connectivity index (χ2n) is 9.21. The maximum atomic E-state index is 6.08. The minimum Gasteiger partial charge on any atom is -0.397 e. The maximum Gasteiger partial charge on any atom is 0.132 e. The summed E-state index contributed by atoms with van der Waals surface area (Å²) in [6, 6.07) is 6.53. The molecule has 1 aromatic rings. The molecule has 1 aliphatic carbocycles. The van der Waals surface area contributed by atoms with Crippen LogP contribution >= 0.6 is 0 Å². The third-order valence-electron chi connectivity index (χ3n) is 6.35. The van der Waals surface area contributed by atoms with Crippen LogP contribution in [0, 0.1) is 12.8 Å². The first-order valence-electron chi connectivity index (χ1n) is 11.3. The molecule has 4 N–H and O–H groups in total. The molecule has 0 spiro atoms. The lowest BCUT2D eigenvalue weighted by molar-refractivity contribution is 0.510. The lowest BCUT2D eigenvalue weighted by Crippen LogP contribution is -2.33. The van der Waals surface area contributed by atoms with E-state index in [4.69, 9.17) is 10.7 Å². The highest BCUT2D eigenvalue weighted by Crippen LogP contribution is 2.33. The fraction of sp³-hybridized carbons (Fsp3) is 0.321. The Morgan fingerprint density at radius 1 is 1.18 bits per heavy atom. The van der Waals surface area contributed by atoms with Crippen molar-refractivity contribution in [3.8, 4) is 0 Å². The van der Waals surface area contributed by atoms with Crippen LogP contribution in [0.4, 0.5) is 0 Å². The van der Waals surface area contributed by atoms with Gasteiger partial charge in [0.15, 0.2) is 0 Å². The standard InChI is InChI=1S/C28H37N5/c1-16(2)25-13-24(32-28(17(3)4)33(25)9)21(8)30-14-22-11-10-18(5)23(12-22)15-31-27-20(7)19(6)26(27)29/h10-13,20,30-31H,1,6,8,14-15,29H2,2-5,7,9H3. The van der Waals surface area contributed by atoms with Crippen LogP contribution in [0.2, 0.25) is 0 Å². The second kappa shape index (κ2) is 9.57. The van der Waals surface area contributed by atoms with Crippen LogP contribution < -0.4 is 16.4 Å². The second-order valence-corrected chi connectivity index (χ2v) is 9.21. The Kier molecular flexibility index (Phi) is 7.01. The molecular formula is C28H37N5. The van der Waals surface area contributed by atoms with Crippen molar-refractivity contribution in [3.05, 3.63) is 106 Å². The molecule has 0 saturated heterocycles. The minimum atomic E-state index is 0.302. The van der Waals surface area contributed by atoms with Crippen molar-refractivity contribution < 1.29 is 0 Å². The number of hydrogen-bond donors (Lipinski definition) is 3. The third kappa shape index (κ3) is 4.98. The molecule has 1 unspecified atom stereocenters. The van der Waals surface area contributed by atoms with Gasteiger partial charge in [-0.1, -0.05) is 44.9 Å². The van der Waals surface area contributed by atoms with Gasteiger partial charge in [-0.15, -0.1) is 0 Å². The molecule has 0 bridgehead atoms. The molecule has 2 aliphatic rings. The van der Waals surface area contributed by atoms with Crippen LogP contribution in [0.15, 0.2) is 94.3 Å². The van der Waals surface area contributed by atoms with Gasteiger partial charge >= 0.3 is 0 Å². The quantitative estimate of drug-likeness (QED) is 0.519. The first-order chi connectivity index (χ1) is 15.5. The number of aliphatic imine (C=N–C) groups is 1. The zero-order chi connectivity index (χ0) is 24.4. The number of aryl methyl sites for hydroxylation is 1. The highest BCUT2D eigenvalue weighted by Gasteiger charge is 2.27. The molecule has 1 heterocycles. The molecule has 0 aromatic heterocycles. The minimum absolute atomic E-state index is 0.302. The van der Waals surface area contributed by atoms with Crippen molar-refractivity contribution in [3.63, 3.8) is 0 Å². The topological polar surface area (TPSA) is 65.7 Å². The lowest BCUT2D eigenvalue weighted by atomic mass is 9.83. The van der Waals surface area contributed by atoms with E-state index in [9.17, 15) is 0 Å². The summed E-state index contributed by atoms with van der Waals surface area (Å²) in [4.78, 5) is 6.91. The molecule has 0 radical (unpaired) electrons. The average Bonchev–Trinajstić information content (AvgIpc) is 2.78. The Morgan fingerprint density at radius 3 is 2.48 bits per heavy atom. The molecule has 5 nitrogen and oxygen atoms in total. The van der Waals surface area contributed by atoms with Crippen LogP contribution in [0.5, 0.6) is 0 Å². The van der Waals surface area contributed by atoms with Crippen molar-refractivity contribution in [2.75, 3.05) is 7.05 Å². The van der Waals surface area contributed by atoms with Gasteiger partial charge in [0.05, 0.1) is 17.1 Å². The summed E-state index contributed by atoms with van der Waals surface area (Å²) in [5.41, 5.74) is 17.5. The van der Waals surface area contributed by atoms with Crippen molar-refractivity contribution in [2.45, 2.75) is 47.7 Å². The van der Waals surface area contributed by atoms with E-state index in [0.29, 0.717) is 12.5 Å². The molecule has 1 aromatic carbocycles. The van der Waals surface area contributed by atoms with E-state index < -0.39 is 0 Å². The molecule has 33 heavy (non-hydrogen) atoms. The number of hydrogen-bond acceptors (Lipinski definition) is 5. The fourth-order valence-corrected chi connectivity index (χ4v) is 4.07. The summed E-state index contributed by atoms with van der Waals surface area (Å²) >= 11 is 0. The zero-order valence-corrected chi connectivity index (χ0v) is 20.9. The molecule has 0 fully saturated rings. The smallest absolute Gasteiger partial charge is 0.132 e. The lowest BCUT2D eigenvalue weighted by Gasteiger charge is -2.32. The summed E-state index contributed by atoms with van der Waals surface area (Å²) in [5.74, 6) is 1.23. The van der Waals surface area contributed by atoms with Crippen LogP contribution in [-0.2, 0) is 13.1 Å². The van der Waals surface area contributed by atoms with Crippen LogP contribution in [0.25, 0.3) is 0 Å². The summed E-state index contributed by atoms with van der Waals surface area (Å²) in [7, 11) is 2.02. The van der Waals surface area contributed by atoms with Crippen molar-refractivity contribution >= 4 is 5.71 Å². The molecule has 174 valence electrons.